The fraction of sp³-hybridized carbons (Fsp3) is 0.308. The van der Waals surface area contributed by atoms with E-state index in [9.17, 15) is 9.18 Å². The van der Waals surface area contributed by atoms with Gasteiger partial charge in [-0.25, -0.2) is 14.2 Å². The van der Waals surface area contributed by atoms with Gasteiger partial charge in [0.1, 0.15) is 5.82 Å². The number of urea groups is 1. The maximum Gasteiger partial charge on any atom is 0.326 e. The Kier molecular flexibility index (Phi) is 7.00. The van der Waals surface area contributed by atoms with E-state index in [0.717, 1.165) is 29.7 Å². The largest absolute Gasteiger partial charge is 0.368 e. The number of amides is 2. The van der Waals surface area contributed by atoms with E-state index in [0.29, 0.717) is 31.0 Å². The van der Waals surface area contributed by atoms with Gasteiger partial charge in [-0.1, -0.05) is 30.4 Å². The van der Waals surface area contributed by atoms with Crippen molar-refractivity contribution < 1.29 is 9.18 Å². The average Bonchev–Trinajstić information content (AvgIpc) is 2.80. The van der Waals surface area contributed by atoms with Crippen molar-refractivity contribution in [3.05, 3.63) is 83.5 Å². The van der Waals surface area contributed by atoms with Gasteiger partial charge >= 0.3 is 6.03 Å². The fourth-order valence-electron chi connectivity index (χ4n) is 3.98. The molecule has 2 aliphatic rings. The average molecular weight is 433 g/mol. The van der Waals surface area contributed by atoms with Crippen LogP contribution in [0, 0.1) is 5.82 Å². The Hall–Kier alpha value is -3.41. The molecular formula is C26H29FN4O. The molecular weight excluding hydrogens is 403 g/mol. The first kappa shape index (κ1) is 21.8. The standard InChI is InChI=1S/C26H29FN4O/c1-19-7-6-16-31(18-19)26(32)30-24-13-12-23(21-9-3-2-4-10-21)29-25(24)28-15-14-20-8-5-11-22(27)17-20/h5-9,11-13,17-18H,2-4,10,14-16H2,1H3,(H,28,29)(H,30,32). The van der Waals surface area contributed by atoms with Crippen molar-refractivity contribution in [1.29, 1.82) is 0 Å². The molecule has 0 saturated heterocycles. The molecule has 0 fully saturated rings. The van der Waals surface area contributed by atoms with Gasteiger partial charge in [-0.3, -0.25) is 4.90 Å². The topological polar surface area (TPSA) is 57.3 Å². The lowest BCUT2D eigenvalue weighted by Crippen LogP contribution is -2.32. The highest BCUT2D eigenvalue weighted by Crippen LogP contribution is 2.29. The molecule has 166 valence electrons. The van der Waals surface area contributed by atoms with E-state index < -0.39 is 0 Å². The number of aromatic nitrogens is 1. The van der Waals surface area contributed by atoms with Crippen LogP contribution >= 0.6 is 0 Å². The van der Waals surface area contributed by atoms with Gasteiger partial charge in [0.2, 0.25) is 0 Å². The van der Waals surface area contributed by atoms with Crippen LogP contribution in [0.15, 0.2) is 66.4 Å². The van der Waals surface area contributed by atoms with E-state index in [1.165, 1.54) is 24.5 Å². The zero-order valence-electron chi connectivity index (χ0n) is 18.4. The lowest BCUT2D eigenvalue weighted by atomic mass is 9.97. The SMILES string of the molecule is CC1=CN(C(=O)Nc2ccc(C3=CCCCC3)nc2NCCc2cccc(F)c2)CC=C1. The predicted molar refractivity (Wildman–Crippen MR) is 128 cm³/mol. The Balaban J connectivity index is 1.52. The third kappa shape index (κ3) is 5.63. The molecule has 2 N–H and O–H groups in total. The smallest absolute Gasteiger partial charge is 0.326 e. The van der Waals surface area contributed by atoms with E-state index in [4.69, 9.17) is 4.98 Å². The molecule has 1 aliphatic carbocycles. The number of hydrogen-bond acceptors (Lipinski definition) is 3. The minimum absolute atomic E-state index is 0.201. The molecule has 1 aliphatic heterocycles. The monoisotopic (exact) mass is 432 g/mol. The lowest BCUT2D eigenvalue weighted by molar-refractivity contribution is 0.231. The van der Waals surface area contributed by atoms with E-state index in [1.807, 2.05) is 43.5 Å². The number of anilines is 2. The third-order valence-corrected chi connectivity index (χ3v) is 5.66. The summed E-state index contributed by atoms with van der Waals surface area (Å²) in [5.41, 5.74) is 4.76. The number of pyridine rings is 1. The van der Waals surface area contributed by atoms with Gasteiger partial charge in [-0.2, -0.15) is 0 Å². The molecule has 1 aromatic heterocycles. The maximum absolute atomic E-state index is 13.5. The van der Waals surface area contributed by atoms with E-state index in [-0.39, 0.29) is 11.8 Å². The number of rotatable bonds is 6. The Morgan fingerprint density at radius 3 is 2.91 bits per heavy atom. The Labute approximate surface area is 188 Å². The Morgan fingerprint density at radius 1 is 1.22 bits per heavy atom. The second-order valence-corrected chi connectivity index (χ2v) is 8.23. The number of carbonyl (C=O) groups is 1. The normalized spacial score (nSPS) is 15.8. The van der Waals surface area contributed by atoms with Gasteiger partial charge in [0.15, 0.2) is 5.82 Å². The number of nitrogens with zero attached hydrogens (tertiary/aromatic N) is 2. The summed E-state index contributed by atoms with van der Waals surface area (Å²) in [6, 6.07) is 10.3. The highest BCUT2D eigenvalue weighted by molar-refractivity contribution is 5.93. The molecule has 0 atom stereocenters. The van der Waals surface area contributed by atoms with Crippen LogP contribution in [0.25, 0.3) is 5.57 Å². The number of carbonyl (C=O) groups excluding carboxylic acids is 1. The minimum Gasteiger partial charge on any atom is -0.368 e. The molecule has 6 heteroatoms. The van der Waals surface area contributed by atoms with Gasteiger partial charge < -0.3 is 10.6 Å². The van der Waals surface area contributed by atoms with Crippen LogP contribution in [0.4, 0.5) is 20.7 Å². The molecule has 0 radical (unpaired) electrons. The molecule has 0 unspecified atom stereocenters. The Bertz CT molecular complexity index is 1070. The van der Waals surface area contributed by atoms with Crippen LogP contribution in [-0.2, 0) is 6.42 Å². The molecule has 1 aromatic carbocycles. The molecule has 0 spiro atoms. The van der Waals surface area contributed by atoms with Gasteiger partial charge in [-0.05, 0) is 80.0 Å². The number of hydrogen-bond donors (Lipinski definition) is 2. The number of allylic oxidation sites excluding steroid dienone is 4. The van der Waals surface area contributed by atoms with Crippen LogP contribution in [0.2, 0.25) is 0 Å². The van der Waals surface area contributed by atoms with Crippen molar-refractivity contribution in [2.24, 2.45) is 0 Å². The molecule has 0 saturated carbocycles. The van der Waals surface area contributed by atoms with Crippen molar-refractivity contribution >= 4 is 23.1 Å². The minimum atomic E-state index is -0.237. The van der Waals surface area contributed by atoms with Crippen LogP contribution in [0.1, 0.15) is 43.9 Å². The third-order valence-electron chi connectivity index (χ3n) is 5.66. The fourth-order valence-corrected chi connectivity index (χ4v) is 3.98. The highest BCUT2D eigenvalue weighted by atomic mass is 19.1. The summed E-state index contributed by atoms with van der Waals surface area (Å²) >= 11 is 0. The zero-order chi connectivity index (χ0) is 22.3. The van der Waals surface area contributed by atoms with Crippen molar-refractivity contribution in [1.82, 2.24) is 9.88 Å². The molecule has 32 heavy (non-hydrogen) atoms. The first-order chi connectivity index (χ1) is 15.6. The van der Waals surface area contributed by atoms with Crippen LogP contribution < -0.4 is 10.6 Å². The molecule has 4 rings (SSSR count). The number of halogens is 1. The summed E-state index contributed by atoms with van der Waals surface area (Å²) < 4.78 is 13.5. The zero-order valence-corrected chi connectivity index (χ0v) is 18.4. The molecule has 2 amide bonds. The quantitative estimate of drug-likeness (QED) is 0.576. The first-order valence-electron chi connectivity index (χ1n) is 11.2. The molecule has 2 aromatic rings. The first-order valence-corrected chi connectivity index (χ1v) is 11.2. The van der Waals surface area contributed by atoms with Crippen molar-refractivity contribution in [2.45, 2.75) is 39.0 Å². The number of benzene rings is 1. The van der Waals surface area contributed by atoms with E-state index in [2.05, 4.69) is 16.7 Å². The van der Waals surface area contributed by atoms with Crippen LogP contribution in [0.5, 0.6) is 0 Å². The van der Waals surface area contributed by atoms with Gasteiger partial charge in [-0.15, -0.1) is 0 Å². The second-order valence-electron chi connectivity index (χ2n) is 8.23. The molecule has 0 bridgehead atoms. The summed E-state index contributed by atoms with van der Waals surface area (Å²) in [7, 11) is 0. The summed E-state index contributed by atoms with van der Waals surface area (Å²) in [6.07, 6.45) is 13.2. The van der Waals surface area contributed by atoms with Gasteiger partial charge in [0.25, 0.3) is 0 Å². The molecule has 5 nitrogen and oxygen atoms in total. The van der Waals surface area contributed by atoms with E-state index >= 15 is 0 Å². The van der Waals surface area contributed by atoms with Crippen molar-refractivity contribution in [3.8, 4) is 0 Å². The molecule has 2 heterocycles. The second kappa shape index (κ2) is 10.3. The van der Waals surface area contributed by atoms with Crippen LogP contribution in [0.3, 0.4) is 0 Å². The summed E-state index contributed by atoms with van der Waals surface area (Å²) in [4.78, 5) is 19.3. The summed E-state index contributed by atoms with van der Waals surface area (Å²) in [6.45, 7) is 3.07. The summed E-state index contributed by atoms with van der Waals surface area (Å²) in [5.74, 6) is 0.394. The predicted octanol–water partition coefficient (Wildman–Crippen LogP) is 6.14. The highest BCUT2D eigenvalue weighted by Gasteiger charge is 2.17. The maximum atomic E-state index is 13.5. The number of nitrogens with one attached hydrogen (secondary N) is 2. The lowest BCUT2D eigenvalue weighted by Gasteiger charge is -2.22. The van der Waals surface area contributed by atoms with Gasteiger partial charge in [0.05, 0.1) is 11.4 Å². The summed E-state index contributed by atoms with van der Waals surface area (Å²) in [5, 5.41) is 6.35. The van der Waals surface area contributed by atoms with E-state index in [1.54, 1.807) is 17.0 Å². The van der Waals surface area contributed by atoms with Crippen molar-refractivity contribution in [3.63, 3.8) is 0 Å². The Morgan fingerprint density at radius 2 is 2.12 bits per heavy atom. The van der Waals surface area contributed by atoms with Crippen molar-refractivity contribution in [2.75, 3.05) is 23.7 Å². The van der Waals surface area contributed by atoms with Gasteiger partial charge in [0, 0.05) is 19.3 Å². The van der Waals surface area contributed by atoms with Crippen LogP contribution in [-0.4, -0.2) is 29.0 Å².